The number of nitrogens with one attached hydrogen (secondary N) is 1. The number of benzene rings is 1. The highest BCUT2D eigenvalue weighted by Gasteiger charge is 2.57. The molecule has 2 aliphatic rings. The summed E-state index contributed by atoms with van der Waals surface area (Å²) in [7, 11) is 0. The molecule has 1 amide bonds. The van der Waals surface area contributed by atoms with E-state index in [1.807, 2.05) is 0 Å². The molecule has 2 bridgehead atoms. The van der Waals surface area contributed by atoms with Crippen molar-refractivity contribution in [1.82, 2.24) is 4.98 Å². The van der Waals surface area contributed by atoms with Gasteiger partial charge in [-0.2, -0.15) is 13.2 Å². The van der Waals surface area contributed by atoms with Gasteiger partial charge in [0.05, 0.1) is 34.3 Å². The first-order valence-electron chi connectivity index (χ1n) is 8.78. The van der Waals surface area contributed by atoms with Gasteiger partial charge in [-0.05, 0) is 35.9 Å². The molecule has 2 aliphatic heterocycles. The van der Waals surface area contributed by atoms with Crippen LogP contribution in [0.1, 0.15) is 23.6 Å². The molecule has 2 N–H and O–H groups in total. The van der Waals surface area contributed by atoms with Crippen LogP contribution in [0.4, 0.5) is 18.9 Å². The molecule has 0 unspecified atom stereocenters. The van der Waals surface area contributed by atoms with Crippen molar-refractivity contribution in [3.8, 4) is 0 Å². The van der Waals surface area contributed by atoms with Gasteiger partial charge >= 0.3 is 6.18 Å². The van der Waals surface area contributed by atoms with Crippen molar-refractivity contribution in [2.75, 3.05) is 5.32 Å². The number of amides is 1. The fraction of sp³-hybridized carbons (Fsp3) is 0.368. The molecule has 2 fully saturated rings. The molecule has 4 rings (SSSR count). The number of nitrogens with zero attached hydrogens (tertiary/aromatic N) is 1. The summed E-state index contributed by atoms with van der Waals surface area (Å²) in [5, 5.41) is 13.5. The molecule has 0 saturated carbocycles. The first-order valence-corrected chi connectivity index (χ1v) is 9.53. The van der Waals surface area contributed by atoms with Gasteiger partial charge in [-0.15, -0.1) is 0 Å². The number of pyridine rings is 1. The number of carbonyl (C=O) groups is 1. The maximum atomic E-state index is 13.1. The second kappa shape index (κ2) is 7.43. The Labute approximate surface area is 173 Å². The lowest BCUT2D eigenvalue weighted by atomic mass is 9.74. The Morgan fingerprint density at radius 2 is 1.97 bits per heavy atom. The van der Waals surface area contributed by atoms with Crippen LogP contribution in [0.2, 0.25) is 10.0 Å². The molecule has 2 saturated heterocycles. The number of alkyl halides is 3. The zero-order valence-electron chi connectivity index (χ0n) is 14.7. The minimum Gasteiger partial charge on any atom is -0.390 e. The van der Waals surface area contributed by atoms with Crippen LogP contribution in [-0.2, 0) is 15.7 Å². The number of rotatable bonds is 3. The molecule has 0 spiro atoms. The molecule has 1 aromatic heterocycles. The van der Waals surface area contributed by atoms with E-state index in [9.17, 15) is 23.1 Å². The molecule has 5 atom stereocenters. The third-order valence-electron chi connectivity index (χ3n) is 5.28. The van der Waals surface area contributed by atoms with Crippen molar-refractivity contribution in [2.45, 2.75) is 36.8 Å². The number of aromatic nitrogens is 1. The quantitative estimate of drug-likeness (QED) is 0.737. The molecule has 5 nitrogen and oxygen atoms in total. The summed E-state index contributed by atoms with van der Waals surface area (Å²) >= 11 is 11.8. The number of hydrogen-bond acceptors (Lipinski definition) is 4. The van der Waals surface area contributed by atoms with Crippen molar-refractivity contribution in [3.05, 3.63) is 57.8 Å². The number of aliphatic hydroxyl groups excluding tert-OH is 1. The summed E-state index contributed by atoms with van der Waals surface area (Å²) in [6.07, 6.45) is -5.58. The monoisotopic (exact) mass is 446 g/mol. The molecule has 0 aliphatic carbocycles. The van der Waals surface area contributed by atoms with Crippen LogP contribution in [-0.4, -0.2) is 34.3 Å². The zero-order valence-corrected chi connectivity index (χ0v) is 16.2. The van der Waals surface area contributed by atoms with Crippen LogP contribution in [0, 0.1) is 5.92 Å². The predicted molar refractivity (Wildman–Crippen MR) is 99.8 cm³/mol. The molecule has 2 aromatic rings. The summed E-state index contributed by atoms with van der Waals surface area (Å²) in [4.78, 5) is 16.3. The van der Waals surface area contributed by atoms with E-state index in [4.69, 9.17) is 27.9 Å². The van der Waals surface area contributed by atoms with Crippen LogP contribution in [0.3, 0.4) is 0 Å². The highest BCUT2D eigenvalue weighted by molar-refractivity contribution is 6.42. The SMILES string of the molecule is O=C(Nc1ccc(Cl)c(Cl)c1)[C@H]1[C@H](c2ccnc(C(F)(F)F)c2)[C@@H]2O[C@H]1C[C@H]2O. The number of anilines is 1. The van der Waals surface area contributed by atoms with Crippen molar-refractivity contribution in [1.29, 1.82) is 0 Å². The van der Waals surface area contributed by atoms with Gasteiger partial charge < -0.3 is 15.2 Å². The Morgan fingerprint density at radius 3 is 2.66 bits per heavy atom. The van der Waals surface area contributed by atoms with E-state index in [0.717, 1.165) is 12.3 Å². The summed E-state index contributed by atoms with van der Waals surface area (Å²) in [5.74, 6) is -1.95. The van der Waals surface area contributed by atoms with E-state index >= 15 is 0 Å². The van der Waals surface area contributed by atoms with Crippen LogP contribution in [0.5, 0.6) is 0 Å². The normalized spacial score (nSPS) is 28.6. The Balaban J connectivity index is 1.65. The standard InChI is InChI=1S/C19H15Cl2F3N2O3/c20-10-2-1-9(6-11(10)21)26-18(28)16-13-7-12(27)17(29-13)15(16)8-3-4-25-14(5-8)19(22,23)24/h1-6,12-13,15-17,27H,7H2,(H,26,28)/t12-,13+,15+,16-,17-/m1/s1. The number of aliphatic hydroxyl groups is 1. The molecule has 29 heavy (non-hydrogen) atoms. The Kier molecular flexibility index (Phi) is 5.23. The zero-order chi connectivity index (χ0) is 20.9. The first kappa shape index (κ1) is 20.4. The highest BCUT2D eigenvalue weighted by atomic mass is 35.5. The summed E-state index contributed by atoms with van der Waals surface area (Å²) in [5.41, 5.74) is -0.416. The van der Waals surface area contributed by atoms with Crippen LogP contribution >= 0.6 is 23.2 Å². The van der Waals surface area contributed by atoms with Gasteiger partial charge in [-0.3, -0.25) is 9.78 Å². The van der Waals surface area contributed by atoms with Crippen molar-refractivity contribution >= 4 is 34.8 Å². The van der Waals surface area contributed by atoms with Gasteiger partial charge in [0.25, 0.3) is 0 Å². The largest absolute Gasteiger partial charge is 0.433 e. The lowest BCUT2D eigenvalue weighted by Crippen LogP contribution is -2.41. The Morgan fingerprint density at radius 1 is 1.21 bits per heavy atom. The maximum absolute atomic E-state index is 13.1. The van der Waals surface area contributed by atoms with Gasteiger partial charge in [0, 0.05) is 24.2 Å². The van der Waals surface area contributed by atoms with Gasteiger partial charge in [0.15, 0.2) is 0 Å². The smallest absolute Gasteiger partial charge is 0.390 e. The van der Waals surface area contributed by atoms with Crippen molar-refractivity contribution in [3.63, 3.8) is 0 Å². The van der Waals surface area contributed by atoms with E-state index in [-0.39, 0.29) is 17.0 Å². The number of hydrogen-bond donors (Lipinski definition) is 2. The van der Waals surface area contributed by atoms with Gasteiger partial charge in [-0.25, -0.2) is 0 Å². The van der Waals surface area contributed by atoms with E-state index in [1.165, 1.54) is 18.2 Å². The fourth-order valence-electron chi connectivity index (χ4n) is 4.05. The van der Waals surface area contributed by atoms with Gasteiger partial charge in [-0.1, -0.05) is 23.2 Å². The van der Waals surface area contributed by atoms with Crippen LogP contribution < -0.4 is 5.32 Å². The van der Waals surface area contributed by atoms with Gasteiger partial charge in [0.2, 0.25) is 5.91 Å². The second-order valence-electron chi connectivity index (χ2n) is 7.08. The minimum atomic E-state index is -4.62. The van der Waals surface area contributed by atoms with Crippen LogP contribution in [0.15, 0.2) is 36.5 Å². The fourth-order valence-corrected chi connectivity index (χ4v) is 4.35. The minimum absolute atomic E-state index is 0.234. The molecule has 154 valence electrons. The third kappa shape index (κ3) is 3.82. The van der Waals surface area contributed by atoms with E-state index in [2.05, 4.69) is 10.3 Å². The lowest BCUT2D eigenvalue weighted by Gasteiger charge is -2.30. The highest BCUT2D eigenvalue weighted by Crippen LogP contribution is 2.49. The second-order valence-corrected chi connectivity index (χ2v) is 7.90. The molecule has 3 heterocycles. The van der Waals surface area contributed by atoms with E-state index in [0.29, 0.717) is 10.7 Å². The summed E-state index contributed by atoms with van der Waals surface area (Å²) in [6.45, 7) is 0. The number of fused-ring (bicyclic) bond motifs is 2. The Hall–Kier alpha value is -1.87. The average Bonchev–Trinajstić information content (AvgIpc) is 3.21. The topological polar surface area (TPSA) is 71.5 Å². The van der Waals surface area contributed by atoms with Crippen molar-refractivity contribution < 1.29 is 27.8 Å². The molecular formula is C19H15Cl2F3N2O3. The van der Waals surface area contributed by atoms with Crippen LogP contribution in [0.25, 0.3) is 0 Å². The Bertz CT molecular complexity index is 957. The molecule has 1 aromatic carbocycles. The molecular weight excluding hydrogens is 432 g/mol. The third-order valence-corrected chi connectivity index (χ3v) is 6.01. The molecule has 10 heteroatoms. The predicted octanol–water partition coefficient (Wildman–Crippen LogP) is 4.28. The maximum Gasteiger partial charge on any atom is 0.433 e. The number of carbonyl (C=O) groups excluding carboxylic acids is 1. The average molecular weight is 447 g/mol. The first-order chi connectivity index (χ1) is 13.6. The van der Waals surface area contributed by atoms with E-state index in [1.54, 1.807) is 6.07 Å². The molecule has 0 radical (unpaired) electrons. The van der Waals surface area contributed by atoms with Crippen molar-refractivity contribution in [2.24, 2.45) is 5.92 Å². The number of halogens is 5. The summed E-state index contributed by atoms with van der Waals surface area (Å²) in [6, 6.07) is 6.89. The lowest BCUT2D eigenvalue weighted by molar-refractivity contribution is -0.141. The van der Waals surface area contributed by atoms with E-state index < -0.39 is 47.9 Å². The summed E-state index contributed by atoms with van der Waals surface area (Å²) < 4.78 is 45.0. The number of ether oxygens (including phenoxy) is 1. The van der Waals surface area contributed by atoms with Gasteiger partial charge in [0.1, 0.15) is 5.69 Å².